The molecule has 1 aromatic carbocycles. The van der Waals surface area contributed by atoms with E-state index in [-0.39, 0.29) is 21.3 Å². The first kappa shape index (κ1) is 11.6. The number of halogens is 2. The van der Waals surface area contributed by atoms with Gasteiger partial charge in [-0.25, -0.2) is 0 Å². The van der Waals surface area contributed by atoms with Gasteiger partial charge in [0.05, 0.1) is 15.6 Å². The summed E-state index contributed by atoms with van der Waals surface area (Å²) in [6, 6.07) is 2.89. The summed E-state index contributed by atoms with van der Waals surface area (Å²) < 4.78 is 0. The van der Waals surface area contributed by atoms with Crippen LogP contribution in [-0.2, 0) is 4.79 Å². The van der Waals surface area contributed by atoms with Crippen molar-refractivity contribution in [1.29, 1.82) is 0 Å². The molecule has 0 aliphatic carbocycles. The van der Waals surface area contributed by atoms with Crippen molar-refractivity contribution in [2.24, 2.45) is 10.9 Å². The van der Waals surface area contributed by atoms with Crippen molar-refractivity contribution >= 4 is 40.5 Å². The molecule has 0 aliphatic heterocycles. The van der Waals surface area contributed by atoms with Gasteiger partial charge in [0, 0.05) is 5.69 Å². The highest BCUT2D eigenvalue weighted by Gasteiger charge is 2.19. The molecule has 0 fully saturated rings. The smallest absolute Gasteiger partial charge is 0.271 e. The lowest BCUT2D eigenvalue weighted by molar-refractivity contribution is -0.112. The fourth-order valence-electron chi connectivity index (χ4n) is 1.03. The van der Waals surface area contributed by atoms with Gasteiger partial charge in [-0.2, -0.15) is 0 Å². The van der Waals surface area contributed by atoms with Crippen LogP contribution in [0.25, 0.3) is 0 Å². The van der Waals surface area contributed by atoms with Gasteiger partial charge in [0.2, 0.25) is 0 Å². The van der Waals surface area contributed by atoms with E-state index in [4.69, 9.17) is 39.9 Å². The molecule has 0 radical (unpaired) electrons. The van der Waals surface area contributed by atoms with Crippen molar-refractivity contribution in [2.75, 3.05) is 5.73 Å². The Balaban J connectivity index is 3.48. The minimum absolute atomic E-state index is 0.0169. The fourth-order valence-corrected chi connectivity index (χ4v) is 1.45. The summed E-state index contributed by atoms with van der Waals surface area (Å²) in [5, 5.41) is 11.6. The maximum atomic E-state index is 10.9. The molecule has 5 nitrogen and oxygen atoms in total. The van der Waals surface area contributed by atoms with Gasteiger partial charge in [-0.05, 0) is 12.1 Å². The van der Waals surface area contributed by atoms with Crippen molar-refractivity contribution in [1.82, 2.24) is 0 Å². The molecular weight excluding hydrogens is 241 g/mol. The van der Waals surface area contributed by atoms with Crippen LogP contribution in [0.15, 0.2) is 17.3 Å². The number of oxime groups is 1. The minimum Gasteiger partial charge on any atom is -0.410 e. The van der Waals surface area contributed by atoms with Crippen LogP contribution in [0.4, 0.5) is 5.69 Å². The van der Waals surface area contributed by atoms with E-state index in [1.165, 1.54) is 12.1 Å². The normalized spacial score (nSPS) is 11.5. The van der Waals surface area contributed by atoms with Crippen LogP contribution in [0.2, 0.25) is 10.0 Å². The van der Waals surface area contributed by atoms with Crippen molar-refractivity contribution in [2.45, 2.75) is 0 Å². The average molecular weight is 248 g/mol. The summed E-state index contributed by atoms with van der Waals surface area (Å²) in [6.45, 7) is 0. The second-order valence-electron chi connectivity index (χ2n) is 2.64. The van der Waals surface area contributed by atoms with Gasteiger partial charge in [0.1, 0.15) is 0 Å². The predicted molar refractivity (Wildman–Crippen MR) is 58.4 cm³/mol. The van der Waals surface area contributed by atoms with Gasteiger partial charge in [-0.15, -0.1) is 0 Å². The summed E-state index contributed by atoms with van der Waals surface area (Å²) in [6.07, 6.45) is 0. The summed E-state index contributed by atoms with van der Waals surface area (Å²) in [5.41, 5.74) is 10.3. The van der Waals surface area contributed by atoms with Gasteiger partial charge in [-0.1, -0.05) is 28.4 Å². The van der Waals surface area contributed by atoms with Crippen molar-refractivity contribution in [3.63, 3.8) is 0 Å². The number of rotatable bonds is 2. The molecule has 0 aliphatic rings. The van der Waals surface area contributed by atoms with Crippen molar-refractivity contribution < 1.29 is 10.0 Å². The zero-order chi connectivity index (χ0) is 11.6. The van der Waals surface area contributed by atoms with Gasteiger partial charge in [-0.3, -0.25) is 4.79 Å². The predicted octanol–water partition coefficient (Wildman–Crippen LogP) is 1.24. The molecule has 80 valence electrons. The zero-order valence-electron chi connectivity index (χ0n) is 7.37. The number of nitrogens with two attached hydrogens (primary N) is 2. The number of nitrogen functional groups attached to an aromatic ring is 1. The number of carbonyl (C=O) groups excluding carboxylic acids is 1. The standard InChI is InChI=1S/C8H7Cl2N3O2/c9-3-1-2-4(11)5(6(3)10)7(13-15)8(12)14/h1-2,15H,11H2,(H2,12,14)/b13-7-. The Hall–Kier alpha value is -1.46. The highest BCUT2D eigenvalue weighted by Crippen LogP contribution is 2.30. The molecule has 0 bridgehead atoms. The lowest BCUT2D eigenvalue weighted by Gasteiger charge is -2.08. The Kier molecular flexibility index (Phi) is 3.39. The van der Waals surface area contributed by atoms with Crippen LogP contribution in [0, 0.1) is 0 Å². The molecule has 0 saturated heterocycles. The van der Waals surface area contributed by atoms with Crippen LogP contribution in [0.1, 0.15) is 5.56 Å². The second kappa shape index (κ2) is 4.37. The molecule has 1 aromatic rings. The van der Waals surface area contributed by atoms with Crippen molar-refractivity contribution in [3.8, 4) is 0 Å². The Labute approximate surface area is 95.3 Å². The van der Waals surface area contributed by atoms with E-state index in [0.29, 0.717) is 0 Å². The average Bonchev–Trinajstić information content (AvgIpc) is 2.18. The van der Waals surface area contributed by atoms with Crippen LogP contribution in [0.3, 0.4) is 0 Å². The van der Waals surface area contributed by atoms with Crippen molar-refractivity contribution in [3.05, 3.63) is 27.7 Å². The molecule has 0 unspecified atom stereocenters. The lowest BCUT2D eigenvalue weighted by atomic mass is 10.1. The van der Waals surface area contributed by atoms with E-state index in [0.717, 1.165) is 0 Å². The monoisotopic (exact) mass is 247 g/mol. The Bertz CT molecular complexity index is 446. The van der Waals surface area contributed by atoms with Gasteiger partial charge in [0.15, 0.2) is 5.71 Å². The topological polar surface area (TPSA) is 102 Å². The molecule has 0 aromatic heterocycles. The van der Waals surface area contributed by atoms with Gasteiger partial charge in [0.25, 0.3) is 5.91 Å². The number of hydrogen-bond donors (Lipinski definition) is 3. The third-order valence-corrected chi connectivity index (χ3v) is 2.50. The largest absolute Gasteiger partial charge is 0.410 e. The van der Waals surface area contributed by atoms with Crippen LogP contribution < -0.4 is 11.5 Å². The number of anilines is 1. The lowest BCUT2D eigenvalue weighted by Crippen LogP contribution is -2.25. The molecule has 1 rings (SSSR count). The number of primary amides is 1. The number of nitrogens with zero attached hydrogens (tertiary/aromatic N) is 1. The van der Waals surface area contributed by atoms with Crippen LogP contribution in [0.5, 0.6) is 0 Å². The molecule has 0 spiro atoms. The maximum absolute atomic E-state index is 10.9. The summed E-state index contributed by atoms with van der Waals surface area (Å²) in [4.78, 5) is 10.9. The summed E-state index contributed by atoms with van der Waals surface area (Å²) in [7, 11) is 0. The molecule has 0 heterocycles. The molecule has 5 N–H and O–H groups in total. The van der Waals surface area contributed by atoms with E-state index in [9.17, 15) is 4.79 Å². The van der Waals surface area contributed by atoms with E-state index >= 15 is 0 Å². The van der Waals surface area contributed by atoms with E-state index in [2.05, 4.69) is 5.16 Å². The summed E-state index contributed by atoms with van der Waals surface area (Å²) >= 11 is 11.5. The number of hydrogen-bond acceptors (Lipinski definition) is 4. The number of carbonyl (C=O) groups is 1. The molecule has 7 heteroatoms. The number of benzene rings is 1. The Morgan fingerprint density at radius 2 is 2.00 bits per heavy atom. The SMILES string of the molecule is NC(=O)/C(=N\O)c1c(N)ccc(Cl)c1Cl. The second-order valence-corrected chi connectivity index (χ2v) is 3.42. The Morgan fingerprint density at radius 1 is 1.40 bits per heavy atom. The zero-order valence-corrected chi connectivity index (χ0v) is 8.88. The summed E-state index contributed by atoms with van der Waals surface area (Å²) in [5.74, 6) is -0.951. The first-order chi connectivity index (χ1) is 6.99. The third-order valence-electron chi connectivity index (χ3n) is 1.70. The molecule has 1 amide bonds. The molecular formula is C8H7Cl2N3O2. The maximum Gasteiger partial charge on any atom is 0.271 e. The highest BCUT2D eigenvalue weighted by atomic mass is 35.5. The fraction of sp³-hybridized carbons (Fsp3) is 0. The number of amides is 1. The quantitative estimate of drug-likeness (QED) is 0.317. The first-order valence-electron chi connectivity index (χ1n) is 3.74. The Morgan fingerprint density at radius 3 is 2.47 bits per heavy atom. The van der Waals surface area contributed by atoms with Gasteiger partial charge < -0.3 is 16.7 Å². The third kappa shape index (κ3) is 2.14. The molecule has 0 atom stereocenters. The molecule has 15 heavy (non-hydrogen) atoms. The molecule has 0 saturated carbocycles. The van der Waals surface area contributed by atoms with Crippen LogP contribution >= 0.6 is 23.2 Å². The van der Waals surface area contributed by atoms with E-state index in [1.54, 1.807) is 0 Å². The minimum atomic E-state index is -0.951. The first-order valence-corrected chi connectivity index (χ1v) is 4.50. The van der Waals surface area contributed by atoms with E-state index < -0.39 is 11.6 Å². The van der Waals surface area contributed by atoms with Gasteiger partial charge >= 0.3 is 0 Å². The van der Waals surface area contributed by atoms with E-state index in [1.807, 2.05) is 0 Å². The highest BCUT2D eigenvalue weighted by molar-refractivity contribution is 6.52. The van der Waals surface area contributed by atoms with Crippen LogP contribution in [-0.4, -0.2) is 16.8 Å².